The van der Waals surface area contributed by atoms with Crippen molar-refractivity contribution in [3.63, 3.8) is 0 Å². The SMILES string of the molecule is Cc1noc(-c2c3c(nn2C)CCCC(=O)[C@@H](C)[C@@H](C)CC3)n1. The molecule has 0 aromatic carbocycles. The topological polar surface area (TPSA) is 73.8 Å². The van der Waals surface area contributed by atoms with E-state index in [0.717, 1.165) is 37.1 Å². The van der Waals surface area contributed by atoms with Crippen molar-refractivity contribution in [2.24, 2.45) is 18.9 Å². The highest BCUT2D eigenvalue weighted by molar-refractivity contribution is 5.80. The molecule has 0 radical (unpaired) electrons. The summed E-state index contributed by atoms with van der Waals surface area (Å²) in [4.78, 5) is 16.6. The number of nitrogens with zero attached hydrogens (tertiary/aromatic N) is 4. The minimum Gasteiger partial charge on any atom is -0.332 e. The molecule has 2 aromatic heterocycles. The number of fused-ring (bicyclic) bond motifs is 1. The summed E-state index contributed by atoms with van der Waals surface area (Å²) in [6.45, 7) is 6.04. The highest BCUT2D eigenvalue weighted by Crippen LogP contribution is 2.30. The third-order valence-electron chi connectivity index (χ3n) is 5.01. The van der Waals surface area contributed by atoms with Crippen LogP contribution in [0.5, 0.6) is 0 Å². The molecule has 6 nitrogen and oxygen atoms in total. The maximum atomic E-state index is 12.2. The zero-order chi connectivity index (χ0) is 16.6. The second-order valence-corrected chi connectivity index (χ2v) is 6.67. The van der Waals surface area contributed by atoms with Gasteiger partial charge in [-0.05, 0) is 38.5 Å². The Morgan fingerprint density at radius 3 is 2.70 bits per heavy atom. The van der Waals surface area contributed by atoms with Gasteiger partial charge in [-0.3, -0.25) is 9.48 Å². The first-order valence-corrected chi connectivity index (χ1v) is 8.35. The number of carbonyl (C=O) groups is 1. The van der Waals surface area contributed by atoms with Crippen LogP contribution in [0.2, 0.25) is 0 Å². The highest BCUT2D eigenvalue weighted by Gasteiger charge is 2.26. The average molecular weight is 316 g/mol. The van der Waals surface area contributed by atoms with Crippen LogP contribution in [0.3, 0.4) is 0 Å². The molecule has 0 N–H and O–H groups in total. The van der Waals surface area contributed by atoms with Crippen LogP contribution in [0, 0.1) is 18.8 Å². The first-order chi connectivity index (χ1) is 11.0. The quantitative estimate of drug-likeness (QED) is 0.808. The molecular weight excluding hydrogens is 292 g/mol. The van der Waals surface area contributed by atoms with Gasteiger partial charge in [0.1, 0.15) is 11.5 Å². The van der Waals surface area contributed by atoms with E-state index in [-0.39, 0.29) is 5.92 Å². The fourth-order valence-electron chi connectivity index (χ4n) is 3.34. The van der Waals surface area contributed by atoms with E-state index in [0.29, 0.717) is 29.8 Å². The molecule has 2 aromatic rings. The lowest BCUT2D eigenvalue weighted by Gasteiger charge is -2.20. The van der Waals surface area contributed by atoms with E-state index in [1.54, 1.807) is 0 Å². The fraction of sp³-hybridized carbons (Fsp3) is 0.647. The molecule has 0 aliphatic heterocycles. The molecule has 23 heavy (non-hydrogen) atoms. The molecule has 3 rings (SSSR count). The largest absolute Gasteiger partial charge is 0.332 e. The van der Waals surface area contributed by atoms with Crippen LogP contribution in [0.1, 0.15) is 50.2 Å². The minimum atomic E-state index is 0.127. The van der Waals surface area contributed by atoms with E-state index in [2.05, 4.69) is 29.1 Å². The summed E-state index contributed by atoms with van der Waals surface area (Å²) in [6, 6.07) is 0. The van der Waals surface area contributed by atoms with Crippen LogP contribution in [0.15, 0.2) is 4.52 Å². The first kappa shape index (κ1) is 15.9. The maximum Gasteiger partial charge on any atom is 0.276 e. The Morgan fingerprint density at radius 2 is 2.00 bits per heavy atom. The third-order valence-corrected chi connectivity index (χ3v) is 5.01. The van der Waals surface area contributed by atoms with Crippen LogP contribution in [-0.4, -0.2) is 25.7 Å². The molecule has 0 fully saturated rings. The smallest absolute Gasteiger partial charge is 0.276 e. The van der Waals surface area contributed by atoms with Gasteiger partial charge in [0.25, 0.3) is 5.89 Å². The van der Waals surface area contributed by atoms with E-state index in [9.17, 15) is 4.79 Å². The maximum absolute atomic E-state index is 12.2. The predicted molar refractivity (Wildman–Crippen MR) is 85.8 cm³/mol. The number of rotatable bonds is 1. The average Bonchev–Trinajstić information content (AvgIpc) is 3.06. The van der Waals surface area contributed by atoms with Crippen molar-refractivity contribution < 1.29 is 9.32 Å². The monoisotopic (exact) mass is 316 g/mol. The summed E-state index contributed by atoms with van der Waals surface area (Å²) >= 11 is 0. The Kier molecular flexibility index (Phi) is 4.33. The molecule has 0 bridgehead atoms. The standard InChI is InChI=1S/C17H24N4O2/c1-10-8-9-13-14(6-5-7-15(22)11(10)2)19-21(4)16(13)17-18-12(3)20-23-17/h10-11H,5-9H2,1-4H3/t10-,11-/m0/s1. The number of Topliss-reactive ketones (excluding diaryl/α,β-unsaturated/α-hetero) is 1. The van der Waals surface area contributed by atoms with Crippen LogP contribution in [0.25, 0.3) is 11.6 Å². The van der Waals surface area contributed by atoms with Crippen molar-refractivity contribution in [1.29, 1.82) is 0 Å². The van der Waals surface area contributed by atoms with E-state index >= 15 is 0 Å². The molecule has 0 unspecified atom stereocenters. The third kappa shape index (κ3) is 3.07. The number of aromatic nitrogens is 4. The van der Waals surface area contributed by atoms with Gasteiger partial charge in [0.2, 0.25) is 0 Å². The Bertz CT molecular complexity index is 716. The summed E-state index contributed by atoms with van der Waals surface area (Å²) < 4.78 is 7.21. The molecule has 0 amide bonds. The van der Waals surface area contributed by atoms with Crippen molar-refractivity contribution >= 4 is 5.78 Å². The highest BCUT2D eigenvalue weighted by atomic mass is 16.5. The lowest BCUT2D eigenvalue weighted by molar-refractivity contribution is -0.123. The van der Waals surface area contributed by atoms with Crippen molar-refractivity contribution in [3.05, 3.63) is 17.1 Å². The van der Waals surface area contributed by atoms with Gasteiger partial charge in [0.05, 0.1) is 5.69 Å². The van der Waals surface area contributed by atoms with E-state index in [4.69, 9.17) is 4.52 Å². The summed E-state index contributed by atoms with van der Waals surface area (Å²) in [5.41, 5.74) is 3.19. The lowest BCUT2D eigenvalue weighted by Crippen LogP contribution is -2.20. The van der Waals surface area contributed by atoms with Crippen molar-refractivity contribution in [2.45, 2.75) is 52.9 Å². The molecule has 0 spiro atoms. The zero-order valence-corrected chi connectivity index (χ0v) is 14.3. The van der Waals surface area contributed by atoms with Crippen LogP contribution >= 0.6 is 0 Å². The van der Waals surface area contributed by atoms with Crippen molar-refractivity contribution in [2.75, 3.05) is 0 Å². The van der Waals surface area contributed by atoms with Gasteiger partial charge < -0.3 is 4.52 Å². The summed E-state index contributed by atoms with van der Waals surface area (Å²) in [7, 11) is 1.92. The zero-order valence-electron chi connectivity index (χ0n) is 14.3. The van der Waals surface area contributed by atoms with E-state index < -0.39 is 0 Å². The predicted octanol–water partition coefficient (Wildman–Crippen LogP) is 2.89. The van der Waals surface area contributed by atoms with Crippen LogP contribution in [-0.2, 0) is 24.7 Å². The molecule has 6 heteroatoms. The second kappa shape index (κ2) is 6.26. The van der Waals surface area contributed by atoms with Gasteiger partial charge in [-0.2, -0.15) is 10.1 Å². The van der Waals surface area contributed by atoms with Crippen LogP contribution < -0.4 is 0 Å². The van der Waals surface area contributed by atoms with Crippen molar-refractivity contribution in [1.82, 2.24) is 19.9 Å². The Hall–Kier alpha value is -1.98. The second-order valence-electron chi connectivity index (χ2n) is 6.67. The summed E-state index contributed by atoms with van der Waals surface area (Å²) in [5.74, 6) is 2.04. The Morgan fingerprint density at radius 1 is 1.22 bits per heavy atom. The van der Waals surface area contributed by atoms with Gasteiger partial charge >= 0.3 is 0 Å². The summed E-state index contributed by atoms with van der Waals surface area (Å²) in [5, 5.41) is 8.56. The fourth-order valence-corrected chi connectivity index (χ4v) is 3.34. The van der Waals surface area contributed by atoms with Gasteiger partial charge in [-0.25, -0.2) is 0 Å². The number of ketones is 1. The number of hydrogen-bond acceptors (Lipinski definition) is 5. The van der Waals surface area contributed by atoms with E-state index in [1.165, 1.54) is 5.56 Å². The molecule has 124 valence electrons. The minimum absolute atomic E-state index is 0.127. The lowest BCUT2D eigenvalue weighted by atomic mass is 9.83. The number of aryl methyl sites for hydroxylation is 3. The van der Waals surface area contributed by atoms with Crippen molar-refractivity contribution in [3.8, 4) is 11.6 Å². The number of hydrogen-bond donors (Lipinski definition) is 0. The van der Waals surface area contributed by atoms with Gasteiger partial charge in [-0.1, -0.05) is 19.0 Å². The van der Waals surface area contributed by atoms with Gasteiger partial charge in [-0.15, -0.1) is 0 Å². The molecule has 0 saturated heterocycles. The Labute approximate surface area is 136 Å². The Balaban J connectivity index is 1.99. The molecule has 1 aliphatic rings. The first-order valence-electron chi connectivity index (χ1n) is 8.35. The van der Waals surface area contributed by atoms with Crippen LogP contribution in [0.4, 0.5) is 0 Å². The molecule has 1 aliphatic carbocycles. The molecule has 2 atom stereocenters. The van der Waals surface area contributed by atoms with Gasteiger partial charge in [0, 0.05) is 24.9 Å². The summed E-state index contributed by atoms with van der Waals surface area (Å²) in [6.07, 6.45) is 4.16. The van der Waals surface area contributed by atoms with E-state index in [1.807, 2.05) is 18.7 Å². The van der Waals surface area contributed by atoms with Gasteiger partial charge in [0.15, 0.2) is 5.82 Å². The molecule has 0 saturated carbocycles. The molecule has 2 heterocycles. The normalized spacial score (nSPS) is 22.9. The number of carbonyl (C=O) groups excluding carboxylic acids is 1. The molecular formula is C17H24N4O2.